The molecule has 0 amide bonds. The molecule has 3 aromatic rings. The van der Waals surface area contributed by atoms with Gasteiger partial charge in [0.1, 0.15) is 6.33 Å². The molecule has 0 spiro atoms. The number of anilines is 1. The lowest BCUT2D eigenvalue weighted by Gasteiger charge is -2.05. The van der Waals surface area contributed by atoms with Gasteiger partial charge in [-0.3, -0.25) is 14.3 Å². The van der Waals surface area contributed by atoms with E-state index in [1.54, 1.807) is 10.9 Å². The van der Waals surface area contributed by atoms with Crippen LogP contribution in [0.1, 0.15) is 0 Å². The van der Waals surface area contributed by atoms with Crippen LogP contribution in [-0.4, -0.2) is 19.5 Å². The van der Waals surface area contributed by atoms with Crippen molar-refractivity contribution in [3.63, 3.8) is 0 Å². The van der Waals surface area contributed by atoms with Crippen LogP contribution >= 0.6 is 15.9 Å². The summed E-state index contributed by atoms with van der Waals surface area (Å²) in [4.78, 5) is 22.3. The molecule has 0 fully saturated rings. The molecule has 1 aromatic carbocycles. The summed E-state index contributed by atoms with van der Waals surface area (Å²) in [7, 11) is 0. The number of para-hydroxylation sites is 1. The minimum absolute atomic E-state index is 0.0707. The summed E-state index contributed by atoms with van der Waals surface area (Å²) in [6, 6.07) is 7.59. The lowest BCUT2D eigenvalue weighted by molar-refractivity contribution is 1.05. The fourth-order valence-corrected chi connectivity index (χ4v) is 2.23. The molecular formula is C11H8BrN5O. The number of nitrogens with zero attached hydrogens (tertiary/aromatic N) is 3. The van der Waals surface area contributed by atoms with Crippen LogP contribution in [0.15, 0.2) is 39.9 Å². The minimum atomic E-state index is -0.344. The third-order valence-corrected chi connectivity index (χ3v) is 3.21. The van der Waals surface area contributed by atoms with Crippen molar-refractivity contribution in [2.75, 3.05) is 5.73 Å². The van der Waals surface area contributed by atoms with Crippen LogP contribution in [0.4, 0.5) is 5.95 Å². The third-order valence-electron chi connectivity index (χ3n) is 2.54. The normalized spacial score (nSPS) is 10.9. The number of aromatic nitrogens is 4. The maximum absolute atomic E-state index is 11.7. The van der Waals surface area contributed by atoms with E-state index in [-0.39, 0.29) is 17.0 Å². The van der Waals surface area contributed by atoms with Crippen LogP contribution in [0.25, 0.3) is 16.9 Å². The van der Waals surface area contributed by atoms with Crippen molar-refractivity contribution in [1.29, 1.82) is 0 Å². The molecule has 0 bridgehead atoms. The molecule has 0 aliphatic rings. The Morgan fingerprint density at radius 3 is 2.89 bits per heavy atom. The molecule has 90 valence electrons. The van der Waals surface area contributed by atoms with E-state index < -0.39 is 0 Å². The highest BCUT2D eigenvalue weighted by atomic mass is 79.9. The number of hydrogen-bond donors (Lipinski definition) is 2. The number of fused-ring (bicyclic) bond motifs is 1. The van der Waals surface area contributed by atoms with Gasteiger partial charge in [-0.05, 0) is 28.1 Å². The van der Waals surface area contributed by atoms with E-state index in [0.29, 0.717) is 5.65 Å². The van der Waals surface area contributed by atoms with Gasteiger partial charge in [0.05, 0.1) is 5.69 Å². The van der Waals surface area contributed by atoms with E-state index in [0.717, 1.165) is 10.2 Å². The molecule has 0 saturated carbocycles. The van der Waals surface area contributed by atoms with Crippen molar-refractivity contribution in [2.45, 2.75) is 0 Å². The van der Waals surface area contributed by atoms with E-state index in [1.807, 2.05) is 24.3 Å². The summed E-state index contributed by atoms with van der Waals surface area (Å²) in [5.74, 6) is 0.0707. The Kier molecular flexibility index (Phi) is 2.41. The molecule has 3 N–H and O–H groups in total. The smallest absolute Gasteiger partial charge is 0.280 e. The van der Waals surface area contributed by atoms with Gasteiger partial charge in [-0.1, -0.05) is 12.1 Å². The van der Waals surface area contributed by atoms with Crippen LogP contribution in [-0.2, 0) is 0 Å². The number of nitrogens with one attached hydrogen (secondary N) is 1. The van der Waals surface area contributed by atoms with E-state index >= 15 is 0 Å². The summed E-state index contributed by atoms with van der Waals surface area (Å²) < 4.78 is 2.59. The second kappa shape index (κ2) is 3.95. The lowest BCUT2D eigenvalue weighted by atomic mass is 10.3. The van der Waals surface area contributed by atoms with E-state index in [4.69, 9.17) is 5.73 Å². The SMILES string of the molecule is Nc1nc2c(ncn2-c2ccccc2Br)c(=O)[nH]1. The minimum Gasteiger partial charge on any atom is -0.369 e. The molecule has 0 atom stereocenters. The van der Waals surface area contributed by atoms with Gasteiger partial charge in [0.15, 0.2) is 11.2 Å². The number of hydrogen-bond acceptors (Lipinski definition) is 4. The Bertz CT molecular complexity index is 791. The van der Waals surface area contributed by atoms with E-state index in [2.05, 4.69) is 30.9 Å². The second-order valence-corrected chi connectivity index (χ2v) is 4.54. The first-order valence-corrected chi connectivity index (χ1v) is 5.94. The molecule has 0 aliphatic carbocycles. The average Bonchev–Trinajstić information content (AvgIpc) is 2.73. The lowest BCUT2D eigenvalue weighted by Crippen LogP contribution is -2.12. The van der Waals surface area contributed by atoms with Crippen molar-refractivity contribution < 1.29 is 0 Å². The summed E-state index contributed by atoms with van der Waals surface area (Å²) in [6.07, 6.45) is 1.55. The van der Waals surface area contributed by atoms with Crippen molar-refractivity contribution in [1.82, 2.24) is 19.5 Å². The molecule has 0 aliphatic heterocycles. The molecular weight excluding hydrogens is 298 g/mol. The number of rotatable bonds is 1. The monoisotopic (exact) mass is 305 g/mol. The van der Waals surface area contributed by atoms with Gasteiger partial charge in [0, 0.05) is 4.47 Å². The Morgan fingerprint density at radius 2 is 2.11 bits per heavy atom. The van der Waals surface area contributed by atoms with Crippen molar-refractivity contribution >= 4 is 33.0 Å². The zero-order valence-corrected chi connectivity index (χ0v) is 10.7. The van der Waals surface area contributed by atoms with Crippen molar-refractivity contribution in [2.24, 2.45) is 0 Å². The highest BCUT2D eigenvalue weighted by Gasteiger charge is 2.11. The molecule has 18 heavy (non-hydrogen) atoms. The van der Waals surface area contributed by atoms with E-state index in [9.17, 15) is 4.79 Å². The third kappa shape index (κ3) is 1.60. The first-order chi connectivity index (χ1) is 8.66. The van der Waals surface area contributed by atoms with Crippen molar-refractivity contribution in [3.05, 3.63) is 45.4 Å². The zero-order valence-electron chi connectivity index (χ0n) is 9.09. The predicted octanol–water partition coefficient (Wildman–Crippen LogP) is 1.45. The molecule has 3 rings (SSSR count). The highest BCUT2D eigenvalue weighted by molar-refractivity contribution is 9.10. The van der Waals surface area contributed by atoms with Crippen LogP contribution in [0, 0.1) is 0 Å². The first-order valence-electron chi connectivity index (χ1n) is 5.14. The standard InChI is InChI=1S/C11H8BrN5O/c12-6-3-1-2-4-7(6)17-5-14-8-9(17)15-11(13)16-10(8)18/h1-5H,(H3,13,15,16,18). The maximum atomic E-state index is 11.7. The van der Waals surface area contributed by atoms with Gasteiger partial charge >= 0.3 is 0 Å². The molecule has 0 unspecified atom stereocenters. The molecule has 6 nitrogen and oxygen atoms in total. The Labute approximate surface area is 110 Å². The van der Waals surface area contributed by atoms with Gasteiger partial charge in [0.25, 0.3) is 5.56 Å². The largest absolute Gasteiger partial charge is 0.369 e. The summed E-state index contributed by atoms with van der Waals surface area (Å²) >= 11 is 3.45. The fourth-order valence-electron chi connectivity index (χ4n) is 1.75. The number of nitrogens with two attached hydrogens (primary N) is 1. The van der Waals surface area contributed by atoms with Crippen LogP contribution in [0.5, 0.6) is 0 Å². The average molecular weight is 306 g/mol. The number of H-pyrrole nitrogens is 1. The number of imidazole rings is 1. The Hall–Kier alpha value is -2.15. The Balaban J connectivity index is 2.38. The van der Waals surface area contributed by atoms with Crippen LogP contribution in [0.3, 0.4) is 0 Å². The van der Waals surface area contributed by atoms with E-state index in [1.165, 1.54) is 0 Å². The van der Waals surface area contributed by atoms with Crippen LogP contribution in [0.2, 0.25) is 0 Å². The number of benzene rings is 1. The number of nitrogen functional groups attached to an aromatic ring is 1. The topological polar surface area (TPSA) is 89.6 Å². The van der Waals surface area contributed by atoms with Gasteiger partial charge in [-0.25, -0.2) is 4.98 Å². The van der Waals surface area contributed by atoms with Gasteiger partial charge in [0.2, 0.25) is 5.95 Å². The number of aromatic amines is 1. The molecule has 0 saturated heterocycles. The van der Waals surface area contributed by atoms with Crippen molar-refractivity contribution in [3.8, 4) is 5.69 Å². The second-order valence-electron chi connectivity index (χ2n) is 3.69. The molecule has 2 heterocycles. The quantitative estimate of drug-likeness (QED) is 0.712. The molecule has 7 heteroatoms. The van der Waals surface area contributed by atoms with Gasteiger partial charge in [-0.2, -0.15) is 4.98 Å². The van der Waals surface area contributed by atoms with Gasteiger partial charge < -0.3 is 5.73 Å². The fraction of sp³-hybridized carbons (Fsp3) is 0. The summed E-state index contributed by atoms with van der Waals surface area (Å²) in [5.41, 5.74) is 6.75. The van der Waals surface area contributed by atoms with Crippen LogP contribution < -0.4 is 11.3 Å². The highest BCUT2D eigenvalue weighted by Crippen LogP contribution is 2.22. The maximum Gasteiger partial charge on any atom is 0.280 e. The first kappa shape index (κ1) is 11.0. The Morgan fingerprint density at radius 1 is 1.33 bits per heavy atom. The molecule has 0 radical (unpaired) electrons. The zero-order chi connectivity index (χ0) is 12.7. The molecule has 2 aromatic heterocycles. The number of halogens is 1. The summed E-state index contributed by atoms with van der Waals surface area (Å²) in [6.45, 7) is 0. The summed E-state index contributed by atoms with van der Waals surface area (Å²) in [5, 5.41) is 0. The van der Waals surface area contributed by atoms with Gasteiger partial charge in [-0.15, -0.1) is 0 Å². The predicted molar refractivity (Wildman–Crippen MR) is 71.6 cm³/mol.